The quantitative estimate of drug-likeness (QED) is 0.750. The first-order valence-corrected chi connectivity index (χ1v) is 8.11. The van der Waals surface area contributed by atoms with Crippen LogP contribution in [0.25, 0.3) is 5.69 Å². The summed E-state index contributed by atoms with van der Waals surface area (Å²) in [6.45, 7) is 6.96. The fraction of sp³-hybridized carbons (Fsp3) is 0.250. The summed E-state index contributed by atoms with van der Waals surface area (Å²) in [6, 6.07) is 12.1. The van der Waals surface area contributed by atoms with Gasteiger partial charge in [-0.15, -0.1) is 0 Å². The first kappa shape index (κ1) is 16.4. The van der Waals surface area contributed by atoms with E-state index in [0.717, 1.165) is 5.56 Å². The molecule has 124 valence electrons. The SMILES string of the molecule is Cc1cc(C)cc(C(C)NCc2ccc(-n3ccnc3)c(F)c2)c1. The Balaban J connectivity index is 1.69. The Bertz CT molecular complexity index is 805. The Labute approximate surface area is 142 Å². The second-order valence-electron chi connectivity index (χ2n) is 6.28. The highest BCUT2D eigenvalue weighted by atomic mass is 19.1. The zero-order chi connectivity index (χ0) is 17.1. The van der Waals surface area contributed by atoms with Gasteiger partial charge in [0.05, 0.1) is 12.0 Å². The van der Waals surface area contributed by atoms with Crippen molar-refractivity contribution in [2.75, 3.05) is 0 Å². The van der Waals surface area contributed by atoms with Crippen molar-refractivity contribution >= 4 is 0 Å². The Morgan fingerprint density at radius 1 is 1.12 bits per heavy atom. The van der Waals surface area contributed by atoms with E-state index >= 15 is 0 Å². The van der Waals surface area contributed by atoms with Crippen LogP contribution in [0.15, 0.2) is 55.1 Å². The Kier molecular flexibility index (Phi) is 4.76. The summed E-state index contributed by atoms with van der Waals surface area (Å²) in [5, 5.41) is 3.47. The number of aryl methyl sites for hydroxylation is 2. The minimum atomic E-state index is -0.244. The van der Waals surface area contributed by atoms with Crippen molar-refractivity contribution in [1.82, 2.24) is 14.9 Å². The second kappa shape index (κ2) is 6.97. The molecule has 0 fully saturated rings. The number of hydrogen-bond donors (Lipinski definition) is 1. The van der Waals surface area contributed by atoms with Crippen LogP contribution >= 0.6 is 0 Å². The topological polar surface area (TPSA) is 29.9 Å². The molecule has 1 N–H and O–H groups in total. The van der Waals surface area contributed by atoms with Crippen LogP contribution in [0.4, 0.5) is 4.39 Å². The Morgan fingerprint density at radius 3 is 2.50 bits per heavy atom. The predicted molar refractivity (Wildman–Crippen MR) is 94.7 cm³/mol. The highest BCUT2D eigenvalue weighted by Crippen LogP contribution is 2.19. The minimum absolute atomic E-state index is 0.208. The van der Waals surface area contributed by atoms with Crippen LogP contribution in [0.2, 0.25) is 0 Å². The smallest absolute Gasteiger partial charge is 0.147 e. The minimum Gasteiger partial charge on any atom is -0.306 e. The first-order chi connectivity index (χ1) is 11.5. The lowest BCUT2D eigenvalue weighted by atomic mass is 10.0. The first-order valence-electron chi connectivity index (χ1n) is 8.11. The number of hydrogen-bond acceptors (Lipinski definition) is 2. The number of rotatable bonds is 5. The maximum Gasteiger partial charge on any atom is 0.147 e. The van der Waals surface area contributed by atoms with Crippen LogP contribution in [-0.4, -0.2) is 9.55 Å². The van der Waals surface area contributed by atoms with Gasteiger partial charge in [0.2, 0.25) is 0 Å². The molecule has 1 atom stereocenters. The lowest BCUT2D eigenvalue weighted by Gasteiger charge is -2.16. The van der Waals surface area contributed by atoms with Crippen molar-refractivity contribution in [3.8, 4) is 5.69 Å². The van der Waals surface area contributed by atoms with Crippen molar-refractivity contribution in [3.63, 3.8) is 0 Å². The van der Waals surface area contributed by atoms with E-state index in [0.29, 0.717) is 12.2 Å². The average molecular weight is 323 g/mol. The number of benzene rings is 2. The van der Waals surface area contributed by atoms with Crippen molar-refractivity contribution in [2.24, 2.45) is 0 Å². The molecule has 0 amide bonds. The maximum absolute atomic E-state index is 14.3. The molecule has 3 rings (SSSR count). The summed E-state index contributed by atoms with van der Waals surface area (Å²) in [6.07, 6.45) is 4.97. The molecule has 2 aromatic carbocycles. The van der Waals surface area contributed by atoms with E-state index in [1.807, 2.05) is 6.07 Å². The van der Waals surface area contributed by atoms with Gasteiger partial charge in [0.15, 0.2) is 0 Å². The summed E-state index contributed by atoms with van der Waals surface area (Å²) < 4.78 is 16.0. The van der Waals surface area contributed by atoms with Gasteiger partial charge in [-0.25, -0.2) is 9.37 Å². The van der Waals surface area contributed by atoms with Gasteiger partial charge in [-0.1, -0.05) is 35.4 Å². The fourth-order valence-electron chi connectivity index (χ4n) is 2.92. The summed E-state index contributed by atoms with van der Waals surface area (Å²) >= 11 is 0. The third-order valence-corrected chi connectivity index (χ3v) is 4.15. The van der Waals surface area contributed by atoms with E-state index in [4.69, 9.17) is 0 Å². The molecule has 0 bridgehead atoms. The Hall–Kier alpha value is -2.46. The monoisotopic (exact) mass is 323 g/mol. The van der Waals surface area contributed by atoms with Crippen LogP contribution in [0.5, 0.6) is 0 Å². The second-order valence-corrected chi connectivity index (χ2v) is 6.28. The number of nitrogens with zero attached hydrogens (tertiary/aromatic N) is 2. The van der Waals surface area contributed by atoms with Crippen molar-refractivity contribution in [1.29, 1.82) is 0 Å². The molecule has 0 aliphatic heterocycles. The van der Waals surface area contributed by atoms with E-state index in [-0.39, 0.29) is 11.9 Å². The van der Waals surface area contributed by atoms with Gasteiger partial charge >= 0.3 is 0 Å². The van der Waals surface area contributed by atoms with E-state index < -0.39 is 0 Å². The number of imidazole rings is 1. The highest BCUT2D eigenvalue weighted by molar-refractivity contribution is 5.36. The molecule has 1 unspecified atom stereocenters. The van der Waals surface area contributed by atoms with Gasteiger partial charge in [-0.3, -0.25) is 0 Å². The molecule has 0 saturated carbocycles. The van der Waals surface area contributed by atoms with Crippen LogP contribution in [0.3, 0.4) is 0 Å². The number of aromatic nitrogens is 2. The zero-order valence-corrected chi connectivity index (χ0v) is 14.3. The highest BCUT2D eigenvalue weighted by Gasteiger charge is 2.08. The van der Waals surface area contributed by atoms with Gasteiger partial charge in [-0.2, -0.15) is 0 Å². The molecule has 0 saturated heterocycles. The van der Waals surface area contributed by atoms with Gasteiger partial charge in [0, 0.05) is 25.0 Å². The maximum atomic E-state index is 14.3. The fourth-order valence-corrected chi connectivity index (χ4v) is 2.92. The number of nitrogens with one attached hydrogen (secondary N) is 1. The molecule has 1 heterocycles. The van der Waals surface area contributed by atoms with Gasteiger partial charge < -0.3 is 9.88 Å². The van der Waals surface area contributed by atoms with Crippen LogP contribution in [-0.2, 0) is 6.54 Å². The van der Waals surface area contributed by atoms with E-state index in [1.54, 1.807) is 35.4 Å². The molecule has 4 heteroatoms. The molecule has 0 spiro atoms. The molecule has 0 radical (unpaired) electrons. The molecule has 0 aliphatic rings. The lowest BCUT2D eigenvalue weighted by molar-refractivity contribution is 0.567. The van der Waals surface area contributed by atoms with Gasteiger partial charge in [0.25, 0.3) is 0 Å². The molecule has 24 heavy (non-hydrogen) atoms. The average Bonchev–Trinajstić information content (AvgIpc) is 3.06. The normalized spacial score (nSPS) is 12.3. The molecule has 0 aliphatic carbocycles. The van der Waals surface area contributed by atoms with Gasteiger partial charge in [0.1, 0.15) is 5.82 Å². The lowest BCUT2D eigenvalue weighted by Crippen LogP contribution is -2.18. The standard InChI is InChI=1S/C20H22FN3/c1-14-8-15(2)10-18(9-14)16(3)23-12-17-4-5-20(19(21)11-17)24-7-6-22-13-24/h4-11,13,16,23H,12H2,1-3H3. The molecular weight excluding hydrogens is 301 g/mol. The van der Waals surface area contributed by atoms with Crippen molar-refractivity contribution in [3.05, 3.63) is 83.2 Å². The molecular formula is C20H22FN3. The zero-order valence-electron chi connectivity index (χ0n) is 14.3. The third kappa shape index (κ3) is 3.71. The molecule has 3 aromatic rings. The summed E-state index contributed by atoms with van der Waals surface area (Å²) in [5.74, 6) is -0.244. The third-order valence-electron chi connectivity index (χ3n) is 4.15. The largest absolute Gasteiger partial charge is 0.306 e. The number of halogens is 1. The van der Waals surface area contributed by atoms with Crippen LogP contribution in [0, 0.1) is 19.7 Å². The molecule has 3 nitrogen and oxygen atoms in total. The summed E-state index contributed by atoms with van der Waals surface area (Å²) in [7, 11) is 0. The Morgan fingerprint density at radius 2 is 1.88 bits per heavy atom. The summed E-state index contributed by atoms with van der Waals surface area (Å²) in [4.78, 5) is 3.95. The summed E-state index contributed by atoms with van der Waals surface area (Å²) in [5.41, 5.74) is 5.21. The molecule has 1 aromatic heterocycles. The van der Waals surface area contributed by atoms with Crippen molar-refractivity contribution < 1.29 is 4.39 Å². The van der Waals surface area contributed by atoms with E-state index in [9.17, 15) is 4.39 Å². The van der Waals surface area contributed by atoms with Crippen LogP contribution in [0.1, 0.15) is 35.2 Å². The van der Waals surface area contributed by atoms with E-state index in [2.05, 4.69) is 49.3 Å². The predicted octanol–water partition coefficient (Wildman–Crippen LogP) is 4.48. The van der Waals surface area contributed by atoms with E-state index in [1.165, 1.54) is 16.7 Å². The van der Waals surface area contributed by atoms with Crippen molar-refractivity contribution in [2.45, 2.75) is 33.4 Å². The van der Waals surface area contributed by atoms with Crippen LogP contribution < -0.4 is 5.32 Å². The van der Waals surface area contributed by atoms with Gasteiger partial charge in [-0.05, 0) is 44.0 Å².